The summed E-state index contributed by atoms with van der Waals surface area (Å²) < 4.78 is 9.79. The van der Waals surface area contributed by atoms with E-state index in [1.807, 2.05) is 6.92 Å². The molecule has 96 valence electrons. The highest BCUT2D eigenvalue weighted by molar-refractivity contribution is 5.86. The molecule has 0 saturated carbocycles. The molecule has 17 heavy (non-hydrogen) atoms. The molecule has 0 bridgehead atoms. The Labute approximate surface area is 101 Å². The summed E-state index contributed by atoms with van der Waals surface area (Å²) in [7, 11) is 1.31. The molecule has 1 aromatic heterocycles. The minimum absolute atomic E-state index is 0.193. The van der Waals surface area contributed by atoms with Gasteiger partial charge < -0.3 is 19.6 Å². The number of furan rings is 1. The lowest BCUT2D eigenvalue weighted by molar-refractivity contribution is 0.0562. The normalized spacial score (nSPS) is 12.4. The fourth-order valence-electron chi connectivity index (χ4n) is 1.48. The zero-order chi connectivity index (χ0) is 12.7. The van der Waals surface area contributed by atoms with Crippen molar-refractivity contribution in [2.45, 2.75) is 32.4 Å². The van der Waals surface area contributed by atoms with E-state index in [4.69, 9.17) is 4.42 Å². The lowest BCUT2D eigenvalue weighted by Gasteiger charge is -2.09. The molecule has 0 radical (unpaired) electrons. The van der Waals surface area contributed by atoms with Gasteiger partial charge in [-0.15, -0.1) is 0 Å². The first-order valence-electron chi connectivity index (χ1n) is 5.73. The highest BCUT2D eigenvalue weighted by Gasteiger charge is 2.10. The first-order valence-corrected chi connectivity index (χ1v) is 5.73. The van der Waals surface area contributed by atoms with Gasteiger partial charge in [0.2, 0.25) is 5.76 Å². The van der Waals surface area contributed by atoms with Gasteiger partial charge in [-0.1, -0.05) is 13.3 Å². The smallest absolute Gasteiger partial charge is 0.373 e. The molecule has 1 atom stereocenters. The first-order chi connectivity index (χ1) is 8.17. The zero-order valence-electron chi connectivity index (χ0n) is 10.2. The number of hydrogen-bond donors (Lipinski definition) is 2. The summed E-state index contributed by atoms with van der Waals surface area (Å²) in [5.41, 5.74) is 0. The number of nitrogens with one attached hydrogen (secondary N) is 1. The molecule has 0 fully saturated rings. The van der Waals surface area contributed by atoms with Crippen LogP contribution in [-0.2, 0) is 11.3 Å². The van der Waals surface area contributed by atoms with Crippen molar-refractivity contribution in [3.8, 4) is 0 Å². The van der Waals surface area contributed by atoms with Crippen molar-refractivity contribution >= 4 is 5.97 Å². The number of aliphatic hydroxyl groups excluding tert-OH is 1. The Bertz CT molecular complexity index is 348. The Morgan fingerprint density at radius 1 is 1.59 bits per heavy atom. The van der Waals surface area contributed by atoms with Crippen LogP contribution in [0.1, 0.15) is 36.1 Å². The number of aliphatic hydroxyl groups is 1. The summed E-state index contributed by atoms with van der Waals surface area (Å²) in [6.07, 6.45) is 1.39. The van der Waals surface area contributed by atoms with Crippen molar-refractivity contribution in [1.82, 2.24) is 5.32 Å². The third-order valence-electron chi connectivity index (χ3n) is 2.35. The van der Waals surface area contributed by atoms with Crippen LogP contribution in [0.4, 0.5) is 0 Å². The van der Waals surface area contributed by atoms with Gasteiger partial charge in [0.1, 0.15) is 5.76 Å². The second-order valence-corrected chi connectivity index (χ2v) is 3.83. The molecule has 0 aliphatic carbocycles. The van der Waals surface area contributed by atoms with E-state index in [2.05, 4.69) is 10.1 Å². The highest BCUT2D eigenvalue weighted by Crippen LogP contribution is 2.08. The van der Waals surface area contributed by atoms with Crippen molar-refractivity contribution in [3.05, 3.63) is 23.7 Å². The summed E-state index contributed by atoms with van der Waals surface area (Å²) in [6.45, 7) is 3.03. The molecule has 0 aliphatic heterocycles. The van der Waals surface area contributed by atoms with Gasteiger partial charge in [0.25, 0.3) is 0 Å². The first kappa shape index (κ1) is 13.7. The molecular formula is C12H19NO4. The minimum atomic E-state index is -0.484. The number of ether oxygens (including phenoxy) is 1. The quantitative estimate of drug-likeness (QED) is 0.704. The van der Waals surface area contributed by atoms with Crippen LogP contribution in [0.5, 0.6) is 0 Å². The van der Waals surface area contributed by atoms with E-state index >= 15 is 0 Å². The highest BCUT2D eigenvalue weighted by atomic mass is 16.5. The number of carbonyl (C=O) groups is 1. The average molecular weight is 241 g/mol. The summed E-state index contributed by atoms with van der Waals surface area (Å²) in [5.74, 6) is 0.356. The van der Waals surface area contributed by atoms with Crippen LogP contribution in [0.3, 0.4) is 0 Å². The number of hydrogen-bond acceptors (Lipinski definition) is 5. The summed E-state index contributed by atoms with van der Waals surface area (Å²) in [6, 6.07) is 3.29. The van der Waals surface area contributed by atoms with Crippen LogP contribution in [0, 0.1) is 0 Å². The van der Waals surface area contributed by atoms with Crippen molar-refractivity contribution in [2.24, 2.45) is 0 Å². The maximum absolute atomic E-state index is 11.1. The number of methoxy groups -OCH3 is 1. The van der Waals surface area contributed by atoms with Crippen molar-refractivity contribution < 1.29 is 19.1 Å². The molecule has 1 aromatic rings. The number of carbonyl (C=O) groups excluding carboxylic acids is 1. The molecule has 0 saturated heterocycles. The average Bonchev–Trinajstić information content (AvgIpc) is 2.77. The maximum Gasteiger partial charge on any atom is 0.373 e. The zero-order valence-corrected chi connectivity index (χ0v) is 10.2. The largest absolute Gasteiger partial charge is 0.463 e. The van der Waals surface area contributed by atoms with Gasteiger partial charge in [0.15, 0.2) is 0 Å². The Kier molecular flexibility index (Phi) is 5.72. The van der Waals surface area contributed by atoms with Crippen molar-refractivity contribution in [2.75, 3.05) is 13.7 Å². The third-order valence-corrected chi connectivity index (χ3v) is 2.35. The van der Waals surface area contributed by atoms with Crippen LogP contribution in [0.15, 0.2) is 16.5 Å². The van der Waals surface area contributed by atoms with E-state index in [1.54, 1.807) is 12.1 Å². The molecule has 2 N–H and O–H groups in total. The molecule has 0 aromatic carbocycles. The van der Waals surface area contributed by atoms with Gasteiger partial charge in [-0.25, -0.2) is 4.79 Å². The van der Waals surface area contributed by atoms with E-state index in [-0.39, 0.29) is 11.9 Å². The minimum Gasteiger partial charge on any atom is -0.463 e. The topological polar surface area (TPSA) is 71.7 Å². The molecule has 0 aliphatic rings. The number of esters is 1. The van der Waals surface area contributed by atoms with Gasteiger partial charge in [-0.3, -0.25) is 0 Å². The molecule has 1 rings (SSSR count). The van der Waals surface area contributed by atoms with Crippen LogP contribution in [0.2, 0.25) is 0 Å². The van der Waals surface area contributed by atoms with Gasteiger partial charge in [-0.2, -0.15) is 0 Å². The van der Waals surface area contributed by atoms with Gasteiger partial charge in [0.05, 0.1) is 19.8 Å². The predicted octanol–water partition coefficient (Wildman–Crippen LogP) is 1.32. The monoisotopic (exact) mass is 241 g/mol. The SMILES string of the molecule is CCCC(O)CNCc1ccc(C(=O)OC)o1. The molecule has 0 amide bonds. The van der Waals surface area contributed by atoms with Crippen LogP contribution in [0.25, 0.3) is 0 Å². The van der Waals surface area contributed by atoms with E-state index in [9.17, 15) is 9.90 Å². The Hall–Kier alpha value is -1.33. The van der Waals surface area contributed by atoms with Crippen molar-refractivity contribution in [1.29, 1.82) is 0 Å². The standard InChI is InChI=1S/C12H19NO4/c1-3-4-9(14)7-13-8-10-5-6-11(17-10)12(15)16-2/h5-6,9,13-14H,3-4,7-8H2,1-2H3. The van der Waals surface area contributed by atoms with Crippen LogP contribution >= 0.6 is 0 Å². The second kappa shape index (κ2) is 7.09. The molecule has 5 heteroatoms. The maximum atomic E-state index is 11.1. The summed E-state index contributed by atoms with van der Waals surface area (Å²) in [5, 5.41) is 12.6. The Morgan fingerprint density at radius 2 is 2.35 bits per heavy atom. The molecule has 5 nitrogen and oxygen atoms in total. The molecule has 1 unspecified atom stereocenters. The fourth-order valence-corrected chi connectivity index (χ4v) is 1.48. The third kappa shape index (κ3) is 4.58. The molecule has 0 spiro atoms. The molecule has 1 heterocycles. The van der Waals surface area contributed by atoms with Gasteiger partial charge in [-0.05, 0) is 18.6 Å². The van der Waals surface area contributed by atoms with E-state index in [1.165, 1.54) is 7.11 Å². The summed E-state index contributed by atoms with van der Waals surface area (Å²) >= 11 is 0. The van der Waals surface area contributed by atoms with Gasteiger partial charge >= 0.3 is 5.97 Å². The van der Waals surface area contributed by atoms with E-state index in [0.29, 0.717) is 18.8 Å². The fraction of sp³-hybridized carbons (Fsp3) is 0.583. The second-order valence-electron chi connectivity index (χ2n) is 3.83. The van der Waals surface area contributed by atoms with Crippen molar-refractivity contribution in [3.63, 3.8) is 0 Å². The van der Waals surface area contributed by atoms with E-state index in [0.717, 1.165) is 12.8 Å². The lowest BCUT2D eigenvalue weighted by Crippen LogP contribution is -2.26. The lowest BCUT2D eigenvalue weighted by atomic mass is 10.2. The van der Waals surface area contributed by atoms with Crippen LogP contribution in [-0.4, -0.2) is 30.8 Å². The predicted molar refractivity (Wildman–Crippen MR) is 62.7 cm³/mol. The Morgan fingerprint density at radius 3 is 3.00 bits per heavy atom. The van der Waals surface area contributed by atoms with E-state index < -0.39 is 5.97 Å². The summed E-state index contributed by atoms with van der Waals surface area (Å²) in [4.78, 5) is 11.1. The van der Waals surface area contributed by atoms with Crippen LogP contribution < -0.4 is 5.32 Å². The number of rotatable bonds is 7. The Balaban J connectivity index is 2.32. The molecular weight excluding hydrogens is 222 g/mol. The van der Waals surface area contributed by atoms with Gasteiger partial charge in [0, 0.05) is 6.54 Å².